The molecule has 190 valence electrons. The molecule has 2 aliphatic rings. The van der Waals surface area contributed by atoms with E-state index in [2.05, 4.69) is 0 Å². The second-order valence-electron chi connectivity index (χ2n) is 8.78. The van der Waals surface area contributed by atoms with Crippen molar-refractivity contribution in [1.29, 1.82) is 0 Å². The van der Waals surface area contributed by atoms with E-state index in [4.69, 9.17) is 9.94 Å². The number of nitrogens with one attached hydrogen (secondary N) is 1. The first kappa shape index (κ1) is 25.4. The maximum atomic E-state index is 13.6. The summed E-state index contributed by atoms with van der Waals surface area (Å²) in [6, 6.07) is 5.75. The van der Waals surface area contributed by atoms with Gasteiger partial charge in [-0.25, -0.2) is 18.3 Å². The van der Waals surface area contributed by atoms with E-state index >= 15 is 0 Å². The third kappa shape index (κ3) is 5.13. The Bertz CT molecular complexity index is 1220. The fraction of sp³-hybridized carbons (Fsp3) is 0.409. The third-order valence-electron chi connectivity index (χ3n) is 6.27. The van der Waals surface area contributed by atoms with Crippen LogP contribution < -0.4 is 10.2 Å². The molecule has 1 saturated heterocycles. The van der Waals surface area contributed by atoms with Crippen LogP contribution in [-0.2, 0) is 27.6 Å². The molecule has 13 heteroatoms. The average Bonchev–Trinajstić information content (AvgIpc) is 3.55. The minimum Gasteiger partial charge on any atom is -0.489 e. The van der Waals surface area contributed by atoms with Gasteiger partial charge in [0.25, 0.3) is 5.91 Å². The smallest absolute Gasteiger partial charge is 0.416 e. The molecule has 1 spiro atoms. The zero-order valence-electron chi connectivity index (χ0n) is 18.1. The van der Waals surface area contributed by atoms with Gasteiger partial charge in [0.1, 0.15) is 24.2 Å². The molecule has 1 aliphatic carbocycles. The number of amides is 1. The molecular formula is C22H22F4N2O6S. The maximum absolute atomic E-state index is 13.6. The Kier molecular flexibility index (Phi) is 6.55. The summed E-state index contributed by atoms with van der Waals surface area (Å²) in [6.45, 7) is -0.728. The molecule has 1 heterocycles. The number of hydrogen-bond donors (Lipinski definition) is 3. The van der Waals surface area contributed by atoms with Gasteiger partial charge in [-0.2, -0.15) is 17.5 Å². The molecular weight excluding hydrogens is 496 g/mol. The molecule has 0 bridgehead atoms. The van der Waals surface area contributed by atoms with Gasteiger partial charge in [-0.3, -0.25) is 10.0 Å². The Balaban J connectivity index is 1.52. The molecule has 0 aromatic heterocycles. The normalized spacial score (nSPS) is 22.1. The van der Waals surface area contributed by atoms with E-state index in [1.807, 2.05) is 0 Å². The molecule has 2 atom stereocenters. The maximum Gasteiger partial charge on any atom is 0.416 e. The van der Waals surface area contributed by atoms with E-state index in [9.17, 15) is 35.9 Å². The van der Waals surface area contributed by atoms with Gasteiger partial charge in [0, 0.05) is 6.54 Å². The van der Waals surface area contributed by atoms with Crippen molar-refractivity contribution in [3.8, 4) is 5.75 Å². The van der Waals surface area contributed by atoms with Gasteiger partial charge in [0.2, 0.25) is 10.0 Å². The van der Waals surface area contributed by atoms with Gasteiger partial charge in [0.15, 0.2) is 0 Å². The third-order valence-corrected chi connectivity index (χ3v) is 8.12. The van der Waals surface area contributed by atoms with E-state index in [0.29, 0.717) is 18.9 Å². The van der Waals surface area contributed by atoms with Crippen molar-refractivity contribution in [2.24, 2.45) is 5.41 Å². The summed E-state index contributed by atoms with van der Waals surface area (Å²) in [5, 5.41) is 19.4. The zero-order chi connectivity index (χ0) is 25.6. The number of aliphatic hydroxyl groups is 1. The molecule has 2 aromatic rings. The van der Waals surface area contributed by atoms with Gasteiger partial charge in [-0.15, -0.1) is 0 Å². The number of carbonyl (C=O) groups is 1. The van der Waals surface area contributed by atoms with Crippen molar-refractivity contribution in [2.45, 2.75) is 49.1 Å². The summed E-state index contributed by atoms with van der Waals surface area (Å²) in [7, 11) is -4.27. The first-order valence-electron chi connectivity index (χ1n) is 10.6. The molecule has 0 radical (unpaired) electrons. The minimum absolute atomic E-state index is 0.0658. The molecule has 2 unspecified atom stereocenters. The number of sulfonamides is 1. The van der Waals surface area contributed by atoms with Crippen LogP contribution in [0.3, 0.4) is 0 Å². The number of halogens is 4. The van der Waals surface area contributed by atoms with E-state index in [1.54, 1.807) is 0 Å². The molecule has 35 heavy (non-hydrogen) atoms. The highest BCUT2D eigenvalue weighted by atomic mass is 32.2. The zero-order valence-corrected chi connectivity index (χ0v) is 18.9. The highest BCUT2D eigenvalue weighted by Gasteiger charge is 2.60. The highest BCUT2D eigenvalue weighted by molar-refractivity contribution is 7.89. The lowest BCUT2D eigenvalue weighted by molar-refractivity contribution is -0.138. The summed E-state index contributed by atoms with van der Waals surface area (Å²) in [5.74, 6) is -1.84. The minimum atomic E-state index is -4.72. The number of ether oxygens (including phenoxy) is 1. The van der Waals surface area contributed by atoms with Crippen LogP contribution in [0, 0.1) is 11.2 Å². The molecule has 8 nitrogen and oxygen atoms in total. The molecule has 2 fully saturated rings. The monoisotopic (exact) mass is 518 g/mol. The van der Waals surface area contributed by atoms with Crippen LogP contribution >= 0.6 is 0 Å². The molecule has 4 rings (SSSR count). The molecule has 1 amide bonds. The second-order valence-corrected chi connectivity index (χ2v) is 10.7. The van der Waals surface area contributed by atoms with Crippen LogP contribution in [0.25, 0.3) is 0 Å². The number of benzene rings is 2. The van der Waals surface area contributed by atoms with Gasteiger partial charge >= 0.3 is 6.18 Å². The van der Waals surface area contributed by atoms with Crippen LogP contribution in [0.1, 0.15) is 30.4 Å². The number of carbonyl (C=O) groups excluding carboxylic acids is 1. The molecule has 1 saturated carbocycles. The number of rotatable bonds is 6. The van der Waals surface area contributed by atoms with Crippen molar-refractivity contribution in [1.82, 2.24) is 9.79 Å². The van der Waals surface area contributed by atoms with Crippen LogP contribution in [0.5, 0.6) is 5.75 Å². The number of β-amino-alcohol motifs (C(OH)–C–C–N with tert-alkyl or cyclic N) is 1. The van der Waals surface area contributed by atoms with Crippen LogP contribution in [0.4, 0.5) is 17.6 Å². The lowest BCUT2D eigenvalue weighted by Gasteiger charge is -2.41. The number of hydrogen-bond acceptors (Lipinski definition) is 6. The predicted octanol–water partition coefficient (Wildman–Crippen LogP) is 2.83. The first-order chi connectivity index (χ1) is 16.4. The Morgan fingerprint density at radius 1 is 1.17 bits per heavy atom. The average molecular weight is 518 g/mol. The van der Waals surface area contributed by atoms with E-state index < -0.39 is 57.7 Å². The Labute approximate surface area is 198 Å². The topological polar surface area (TPSA) is 116 Å². The van der Waals surface area contributed by atoms with Gasteiger partial charge in [0.05, 0.1) is 16.6 Å². The number of hydroxylamine groups is 1. The number of nitrogens with zero attached hydrogens (tertiary/aromatic N) is 1. The highest BCUT2D eigenvalue weighted by Crippen LogP contribution is 2.57. The summed E-state index contributed by atoms with van der Waals surface area (Å²) in [5.41, 5.74) is -0.458. The van der Waals surface area contributed by atoms with Crippen LogP contribution in [0.2, 0.25) is 0 Å². The van der Waals surface area contributed by atoms with E-state index in [0.717, 1.165) is 16.4 Å². The lowest BCUT2D eigenvalue weighted by Crippen LogP contribution is -2.59. The van der Waals surface area contributed by atoms with Crippen LogP contribution in [0.15, 0.2) is 47.4 Å². The SMILES string of the molecule is O=C(NO)C1N(S(=O)(=O)c2ccc(OCc3cc(F)cc(C(F)(F)F)c3)cc2)CC(O)CC12CC2. The predicted molar refractivity (Wildman–Crippen MR) is 112 cm³/mol. The van der Waals surface area contributed by atoms with Crippen molar-refractivity contribution in [3.63, 3.8) is 0 Å². The first-order valence-corrected chi connectivity index (χ1v) is 12.0. The van der Waals surface area contributed by atoms with Gasteiger partial charge in [-0.05, 0) is 72.7 Å². The Hall–Kier alpha value is -2.74. The fourth-order valence-electron chi connectivity index (χ4n) is 4.52. The number of aliphatic hydroxyl groups excluding tert-OH is 1. The van der Waals surface area contributed by atoms with Gasteiger partial charge < -0.3 is 9.84 Å². The summed E-state index contributed by atoms with van der Waals surface area (Å²) in [4.78, 5) is 12.1. The molecule has 1 aliphatic heterocycles. The van der Waals surface area contributed by atoms with E-state index in [-0.39, 0.29) is 29.2 Å². The molecule has 2 aromatic carbocycles. The molecule has 3 N–H and O–H groups in total. The number of piperidine rings is 1. The fourth-order valence-corrected chi connectivity index (χ4v) is 6.23. The summed E-state index contributed by atoms with van der Waals surface area (Å²) in [6.07, 6.45) is -4.42. The van der Waals surface area contributed by atoms with Crippen molar-refractivity contribution >= 4 is 15.9 Å². The summed E-state index contributed by atoms with van der Waals surface area (Å²) < 4.78 is 85.0. The van der Waals surface area contributed by atoms with E-state index in [1.165, 1.54) is 29.7 Å². The van der Waals surface area contributed by atoms with Crippen LogP contribution in [-0.4, -0.2) is 47.6 Å². The Morgan fingerprint density at radius 2 is 1.83 bits per heavy atom. The number of alkyl halides is 3. The van der Waals surface area contributed by atoms with Gasteiger partial charge in [-0.1, -0.05) is 0 Å². The second kappa shape index (κ2) is 9.04. The van der Waals surface area contributed by atoms with Crippen molar-refractivity contribution in [2.75, 3.05) is 6.54 Å². The summed E-state index contributed by atoms with van der Waals surface area (Å²) >= 11 is 0. The largest absolute Gasteiger partial charge is 0.489 e. The Morgan fingerprint density at radius 3 is 2.40 bits per heavy atom. The quantitative estimate of drug-likeness (QED) is 0.308. The standard InChI is InChI=1S/C22H22F4N2O6S/c23-15-8-13(7-14(9-15)22(24,25)26)12-34-17-1-3-18(4-2-17)35(32,33)28-11-16(29)10-21(5-6-21)19(28)20(30)27-31/h1-4,7-9,16,19,29,31H,5-6,10-12H2,(H,27,30). The van der Waals surface area contributed by atoms with Crippen molar-refractivity contribution in [3.05, 3.63) is 59.4 Å². The lowest BCUT2D eigenvalue weighted by atomic mass is 9.85. The van der Waals surface area contributed by atoms with Crippen molar-refractivity contribution < 1.29 is 45.8 Å².